The van der Waals surface area contributed by atoms with Gasteiger partial charge < -0.3 is 9.80 Å². The molecule has 4 nitrogen and oxygen atoms in total. The van der Waals surface area contributed by atoms with Crippen LogP contribution in [0.4, 0.5) is 8.78 Å². The van der Waals surface area contributed by atoms with E-state index in [4.69, 9.17) is 0 Å². The average molecular weight is 334 g/mol. The van der Waals surface area contributed by atoms with Crippen molar-refractivity contribution in [3.8, 4) is 0 Å². The summed E-state index contributed by atoms with van der Waals surface area (Å²) >= 11 is 0. The van der Waals surface area contributed by atoms with E-state index in [2.05, 4.69) is 0 Å². The normalized spacial score (nSPS) is 29.4. The molecule has 0 spiro atoms. The Bertz CT molecular complexity index is 694. The molecule has 0 saturated carbocycles. The van der Waals surface area contributed by atoms with Gasteiger partial charge in [0, 0.05) is 32.1 Å². The molecule has 0 aromatic heterocycles. The van der Waals surface area contributed by atoms with E-state index in [1.807, 2.05) is 4.90 Å². The summed E-state index contributed by atoms with van der Waals surface area (Å²) in [6.45, 7) is 1.69. The molecule has 0 N–H and O–H groups in total. The lowest BCUT2D eigenvalue weighted by Crippen LogP contribution is -2.61. The van der Waals surface area contributed by atoms with Gasteiger partial charge in [0.15, 0.2) is 0 Å². The fraction of sp³-hybridized carbons (Fsp3) is 0.556. The van der Waals surface area contributed by atoms with E-state index in [0.29, 0.717) is 26.1 Å². The van der Waals surface area contributed by atoms with Crippen molar-refractivity contribution in [1.82, 2.24) is 9.80 Å². The van der Waals surface area contributed by atoms with Crippen LogP contribution in [-0.2, 0) is 4.79 Å². The van der Waals surface area contributed by atoms with Crippen LogP contribution in [0.3, 0.4) is 0 Å². The molecule has 1 aromatic carbocycles. The van der Waals surface area contributed by atoms with Gasteiger partial charge in [-0.05, 0) is 49.3 Å². The maximum atomic E-state index is 13.9. The number of carbonyl (C=O) groups excluding carboxylic acids is 2. The van der Waals surface area contributed by atoms with Crippen molar-refractivity contribution in [2.75, 3.05) is 19.6 Å². The summed E-state index contributed by atoms with van der Waals surface area (Å²) in [5.74, 6) is -1.06. The first kappa shape index (κ1) is 15.5. The summed E-state index contributed by atoms with van der Waals surface area (Å²) in [5.41, 5.74) is -0.202. The molecule has 0 radical (unpaired) electrons. The van der Waals surface area contributed by atoms with E-state index >= 15 is 0 Å². The van der Waals surface area contributed by atoms with Crippen LogP contribution in [0.15, 0.2) is 18.2 Å². The number of piperidine rings is 3. The standard InChI is InChI=1S/C18H20F2N2O2/c19-13-4-5-15(20)14(7-13)18(24)21-8-11-6-12(10-21)16-2-1-3-17(23)22(16)9-11/h4-5,7,11-12,16H,1-3,6,8-10H2/t11?,12?,16-/m1/s1. The maximum absolute atomic E-state index is 13.9. The number of likely N-dealkylation sites (tertiary alicyclic amines) is 1. The van der Waals surface area contributed by atoms with Crippen molar-refractivity contribution in [1.29, 1.82) is 0 Å². The summed E-state index contributed by atoms with van der Waals surface area (Å²) in [7, 11) is 0. The first-order valence-electron chi connectivity index (χ1n) is 8.56. The van der Waals surface area contributed by atoms with Crippen LogP contribution in [0.1, 0.15) is 36.0 Å². The highest BCUT2D eigenvalue weighted by atomic mass is 19.1. The van der Waals surface area contributed by atoms with Crippen LogP contribution >= 0.6 is 0 Å². The van der Waals surface area contributed by atoms with E-state index in [1.54, 1.807) is 4.90 Å². The molecule has 2 amide bonds. The van der Waals surface area contributed by atoms with Crippen molar-refractivity contribution >= 4 is 11.8 Å². The fourth-order valence-corrected chi connectivity index (χ4v) is 4.61. The topological polar surface area (TPSA) is 40.6 Å². The Morgan fingerprint density at radius 1 is 1.17 bits per heavy atom. The molecular formula is C18H20F2N2O2. The van der Waals surface area contributed by atoms with Gasteiger partial charge >= 0.3 is 0 Å². The van der Waals surface area contributed by atoms with Crippen LogP contribution in [0, 0.1) is 23.5 Å². The zero-order valence-electron chi connectivity index (χ0n) is 13.4. The highest BCUT2D eigenvalue weighted by Crippen LogP contribution is 2.38. The van der Waals surface area contributed by atoms with Gasteiger partial charge in [-0.25, -0.2) is 8.78 Å². The Balaban J connectivity index is 1.56. The van der Waals surface area contributed by atoms with Crippen LogP contribution in [0.2, 0.25) is 0 Å². The summed E-state index contributed by atoms with van der Waals surface area (Å²) in [4.78, 5) is 28.4. The number of carbonyl (C=O) groups is 2. The Morgan fingerprint density at radius 2 is 2.00 bits per heavy atom. The first-order valence-corrected chi connectivity index (χ1v) is 8.56. The first-order chi connectivity index (χ1) is 11.5. The minimum atomic E-state index is -0.688. The van der Waals surface area contributed by atoms with Gasteiger partial charge in [-0.3, -0.25) is 9.59 Å². The molecule has 4 rings (SSSR count). The van der Waals surface area contributed by atoms with Crippen molar-refractivity contribution in [2.45, 2.75) is 31.7 Å². The third kappa shape index (κ3) is 2.58. The Hall–Kier alpha value is -1.98. The third-order valence-electron chi connectivity index (χ3n) is 5.63. The molecule has 3 saturated heterocycles. The molecule has 6 heteroatoms. The van der Waals surface area contributed by atoms with E-state index in [1.165, 1.54) is 0 Å². The number of benzene rings is 1. The molecule has 2 unspecified atom stereocenters. The quantitative estimate of drug-likeness (QED) is 0.791. The summed E-state index contributed by atoms with van der Waals surface area (Å²) in [5, 5.41) is 0. The number of hydrogen-bond donors (Lipinski definition) is 0. The number of rotatable bonds is 1. The van der Waals surface area contributed by atoms with E-state index in [0.717, 1.165) is 37.5 Å². The molecule has 3 fully saturated rings. The van der Waals surface area contributed by atoms with Crippen LogP contribution in [0.25, 0.3) is 0 Å². The Morgan fingerprint density at radius 3 is 2.83 bits per heavy atom. The van der Waals surface area contributed by atoms with Crippen molar-refractivity contribution in [2.24, 2.45) is 11.8 Å². The highest BCUT2D eigenvalue weighted by molar-refractivity contribution is 5.94. The maximum Gasteiger partial charge on any atom is 0.256 e. The third-order valence-corrected chi connectivity index (χ3v) is 5.63. The van der Waals surface area contributed by atoms with E-state index in [9.17, 15) is 18.4 Å². The summed E-state index contributed by atoms with van der Waals surface area (Å²) in [6.07, 6.45) is 3.49. The second-order valence-electron chi connectivity index (χ2n) is 7.20. The van der Waals surface area contributed by atoms with Gasteiger partial charge in [0.05, 0.1) is 5.56 Å². The molecule has 0 aliphatic carbocycles. The average Bonchev–Trinajstić information content (AvgIpc) is 2.57. The molecule has 2 bridgehead atoms. The van der Waals surface area contributed by atoms with Crippen LogP contribution < -0.4 is 0 Å². The van der Waals surface area contributed by atoms with E-state index in [-0.39, 0.29) is 29.3 Å². The predicted molar refractivity (Wildman–Crippen MR) is 83.2 cm³/mol. The van der Waals surface area contributed by atoms with Gasteiger partial charge in [-0.1, -0.05) is 0 Å². The lowest BCUT2D eigenvalue weighted by atomic mass is 9.76. The van der Waals surface area contributed by atoms with Crippen molar-refractivity contribution in [3.05, 3.63) is 35.4 Å². The lowest BCUT2D eigenvalue weighted by molar-refractivity contribution is -0.144. The lowest BCUT2D eigenvalue weighted by Gasteiger charge is -2.52. The Labute approximate surface area is 139 Å². The minimum Gasteiger partial charge on any atom is -0.339 e. The van der Waals surface area contributed by atoms with Crippen LogP contribution in [0.5, 0.6) is 0 Å². The van der Waals surface area contributed by atoms with Gasteiger partial charge in [0.25, 0.3) is 5.91 Å². The number of fused-ring (bicyclic) bond motifs is 4. The molecular weight excluding hydrogens is 314 g/mol. The summed E-state index contributed by atoms with van der Waals surface area (Å²) in [6, 6.07) is 3.17. The molecule has 24 heavy (non-hydrogen) atoms. The monoisotopic (exact) mass is 334 g/mol. The van der Waals surface area contributed by atoms with E-state index < -0.39 is 17.5 Å². The molecule has 128 valence electrons. The second kappa shape index (κ2) is 5.83. The predicted octanol–water partition coefficient (Wildman–Crippen LogP) is 2.44. The van der Waals surface area contributed by atoms with Crippen molar-refractivity contribution in [3.63, 3.8) is 0 Å². The van der Waals surface area contributed by atoms with Crippen molar-refractivity contribution < 1.29 is 18.4 Å². The smallest absolute Gasteiger partial charge is 0.256 e. The highest BCUT2D eigenvalue weighted by Gasteiger charge is 2.45. The minimum absolute atomic E-state index is 0.190. The van der Waals surface area contributed by atoms with Gasteiger partial charge in [-0.15, -0.1) is 0 Å². The number of halogens is 2. The van der Waals surface area contributed by atoms with Gasteiger partial charge in [0.2, 0.25) is 5.91 Å². The number of nitrogens with zero attached hydrogens (tertiary/aromatic N) is 2. The number of amides is 2. The second-order valence-corrected chi connectivity index (χ2v) is 7.20. The Kier molecular flexibility index (Phi) is 3.77. The number of hydrogen-bond acceptors (Lipinski definition) is 2. The molecule has 3 aliphatic heterocycles. The SMILES string of the molecule is O=C(c1cc(F)ccc1F)N1CC2CC(C1)[C@H]1CCCC(=O)N1C2. The van der Waals surface area contributed by atoms with Gasteiger partial charge in [-0.2, -0.15) is 0 Å². The fourth-order valence-electron chi connectivity index (χ4n) is 4.61. The summed E-state index contributed by atoms with van der Waals surface area (Å²) < 4.78 is 27.3. The molecule has 1 aromatic rings. The van der Waals surface area contributed by atoms with Gasteiger partial charge in [0.1, 0.15) is 11.6 Å². The molecule has 3 atom stereocenters. The zero-order chi connectivity index (χ0) is 16.8. The largest absolute Gasteiger partial charge is 0.339 e. The molecule has 3 heterocycles. The molecule has 3 aliphatic rings. The van der Waals surface area contributed by atoms with Crippen LogP contribution in [-0.4, -0.2) is 47.3 Å². The zero-order valence-corrected chi connectivity index (χ0v) is 13.4.